The number of rotatable bonds is 6. The molecule has 1 rings (SSSR count). The second-order valence-electron chi connectivity index (χ2n) is 3.99. The molecular weight excluding hydrogens is 228 g/mol. The highest BCUT2D eigenvalue weighted by atomic mass is 16.5. The molecule has 4 heteroatoms. The quantitative estimate of drug-likeness (QED) is 0.834. The van der Waals surface area contributed by atoms with Crippen molar-refractivity contribution >= 4 is 5.91 Å². The molecule has 0 aliphatic carbocycles. The van der Waals surface area contributed by atoms with Crippen LogP contribution < -0.4 is 10.1 Å². The predicted molar refractivity (Wildman–Crippen MR) is 69.1 cm³/mol. The first-order chi connectivity index (χ1) is 8.72. The van der Waals surface area contributed by atoms with E-state index in [1.807, 2.05) is 37.3 Å². The highest BCUT2D eigenvalue weighted by Crippen LogP contribution is 2.20. The molecule has 1 aromatic rings. The number of nitrogens with one attached hydrogen (secondary N) is 1. The van der Waals surface area contributed by atoms with Crippen LogP contribution in [0.15, 0.2) is 24.3 Å². The van der Waals surface area contributed by atoms with Gasteiger partial charge in [0.25, 0.3) is 0 Å². The molecule has 1 atom stereocenters. The molecule has 0 radical (unpaired) electrons. The van der Waals surface area contributed by atoms with Crippen LogP contribution in [0.1, 0.15) is 18.9 Å². The fourth-order valence-corrected chi connectivity index (χ4v) is 1.66. The van der Waals surface area contributed by atoms with Gasteiger partial charge in [-0.2, -0.15) is 5.26 Å². The molecule has 0 aromatic heterocycles. The summed E-state index contributed by atoms with van der Waals surface area (Å²) in [6.45, 7) is 2.57. The monoisotopic (exact) mass is 246 g/mol. The van der Waals surface area contributed by atoms with Gasteiger partial charge in [0.05, 0.1) is 13.2 Å². The van der Waals surface area contributed by atoms with Crippen LogP contribution in [-0.2, 0) is 11.2 Å². The maximum Gasteiger partial charge on any atom is 0.237 e. The molecule has 0 saturated heterocycles. The number of benzene rings is 1. The lowest BCUT2D eigenvalue weighted by Gasteiger charge is -2.12. The van der Waals surface area contributed by atoms with E-state index >= 15 is 0 Å². The van der Waals surface area contributed by atoms with Crippen molar-refractivity contribution in [3.8, 4) is 11.8 Å². The van der Waals surface area contributed by atoms with Gasteiger partial charge in [0, 0.05) is 13.0 Å². The van der Waals surface area contributed by atoms with E-state index in [0.717, 1.165) is 12.0 Å². The average molecular weight is 246 g/mol. The minimum Gasteiger partial charge on any atom is -0.496 e. The van der Waals surface area contributed by atoms with E-state index in [0.29, 0.717) is 18.7 Å². The summed E-state index contributed by atoms with van der Waals surface area (Å²) in [5.41, 5.74) is 0.873. The molecule has 1 amide bonds. The third-order valence-corrected chi connectivity index (χ3v) is 2.64. The summed E-state index contributed by atoms with van der Waals surface area (Å²) in [5.74, 6) is -0.181. The number of methoxy groups -OCH3 is 1. The van der Waals surface area contributed by atoms with Gasteiger partial charge in [-0.05, 0) is 18.1 Å². The van der Waals surface area contributed by atoms with Crippen LogP contribution in [0.4, 0.5) is 0 Å². The number of hydrogen-bond donors (Lipinski definition) is 1. The van der Waals surface area contributed by atoms with E-state index in [2.05, 4.69) is 5.32 Å². The molecule has 18 heavy (non-hydrogen) atoms. The lowest BCUT2D eigenvalue weighted by atomic mass is 9.99. The Morgan fingerprint density at radius 2 is 2.22 bits per heavy atom. The molecule has 0 heterocycles. The second-order valence-corrected chi connectivity index (χ2v) is 3.99. The van der Waals surface area contributed by atoms with E-state index < -0.39 is 5.92 Å². The Balaban J connectivity index is 2.74. The van der Waals surface area contributed by atoms with Crippen molar-refractivity contribution in [2.45, 2.75) is 19.8 Å². The van der Waals surface area contributed by atoms with Crippen molar-refractivity contribution in [1.82, 2.24) is 5.32 Å². The van der Waals surface area contributed by atoms with Crippen LogP contribution in [0.2, 0.25) is 0 Å². The molecule has 1 aromatic carbocycles. The highest BCUT2D eigenvalue weighted by molar-refractivity contribution is 5.81. The van der Waals surface area contributed by atoms with Crippen LogP contribution in [0.5, 0.6) is 5.75 Å². The summed E-state index contributed by atoms with van der Waals surface area (Å²) in [6.07, 6.45) is 1.23. The Hall–Kier alpha value is -2.02. The van der Waals surface area contributed by atoms with Crippen LogP contribution in [-0.4, -0.2) is 19.6 Å². The molecule has 0 bridgehead atoms. The first-order valence-electron chi connectivity index (χ1n) is 6.02. The number of ether oxygens (including phenoxy) is 1. The van der Waals surface area contributed by atoms with Crippen LogP contribution in [0.25, 0.3) is 0 Å². The van der Waals surface area contributed by atoms with E-state index in [-0.39, 0.29) is 5.91 Å². The summed E-state index contributed by atoms with van der Waals surface area (Å²) in [5, 5.41) is 11.8. The minimum atomic E-state index is -0.673. The predicted octanol–water partition coefficient (Wildman–Crippen LogP) is 1.90. The Kier molecular flexibility index (Phi) is 5.72. The molecule has 0 saturated carbocycles. The van der Waals surface area contributed by atoms with Crippen molar-refractivity contribution in [1.29, 1.82) is 5.26 Å². The second kappa shape index (κ2) is 7.33. The number of carbonyl (C=O) groups excluding carboxylic acids is 1. The fraction of sp³-hybridized carbons (Fsp3) is 0.429. The Labute approximate surface area is 108 Å². The van der Waals surface area contributed by atoms with Crippen molar-refractivity contribution in [2.24, 2.45) is 5.92 Å². The van der Waals surface area contributed by atoms with Gasteiger partial charge < -0.3 is 10.1 Å². The minimum absolute atomic E-state index is 0.217. The molecule has 1 N–H and O–H groups in total. The van der Waals surface area contributed by atoms with Crippen LogP contribution in [0, 0.1) is 17.2 Å². The Morgan fingerprint density at radius 1 is 1.50 bits per heavy atom. The van der Waals surface area contributed by atoms with Gasteiger partial charge in [-0.3, -0.25) is 4.79 Å². The first-order valence-corrected chi connectivity index (χ1v) is 6.02. The Morgan fingerprint density at radius 3 is 2.83 bits per heavy atom. The molecule has 0 fully saturated rings. The Bertz CT molecular complexity index is 438. The van der Waals surface area contributed by atoms with E-state index in [1.54, 1.807) is 7.11 Å². The molecule has 96 valence electrons. The summed E-state index contributed by atoms with van der Waals surface area (Å²) in [7, 11) is 1.58. The molecule has 4 nitrogen and oxygen atoms in total. The fourth-order valence-electron chi connectivity index (χ4n) is 1.66. The number of nitrogens with zero attached hydrogens (tertiary/aromatic N) is 1. The zero-order valence-corrected chi connectivity index (χ0v) is 10.8. The number of amides is 1. The summed E-state index contributed by atoms with van der Waals surface area (Å²) >= 11 is 0. The molecular formula is C14H18N2O2. The lowest BCUT2D eigenvalue weighted by molar-refractivity contribution is -0.123. The zero-order chi connectivity index (χ0) is 13.4. The summed E-state index contributed by atoms with van der Waals surface area (Å²) in [6, 6.07) is 9.47. The molecule has 0 aliphatic rings. The normalized spacial score (nSPS) is 11.4. The van der Waals surface area contributed by atoms with Crippen molar-refractivity contribution in [3.63, 3.8) is 0 Å². The van der Waals surface area contributed by atoms with Gasteiger partial charge in [-0.25, -0.2) is 0 Å². The average Bonchev–Trinajstić information content (AvgIpc) is 2.42. The van der Waals surface area contributed by atoms with Gasteiger partial charge in [0.1, 0.15) is 11.7 Å². The van der Waals surface area contributed by atoms with Gasteiger partial charge in [-0.15, -0.1) is 0 Å². The SMILES string of the molecule is CCCNC(=O)C(C#N)Cc1ccccc1OC. The zero-order valence-electron chi connectivity index (χ0n) is 10.8. The van der Waals surface area contributed by atoms with Gasteiger partial charge in [-0.1, -0.05) is 25.1 Å². The number of nitriles is 1. The van der Waals surface area contributed by atoms with Crippen molar-refractivity contribution < 1.29 is 9.53 Å². The van der Waals surface area contributed by atoms with Crippen LogP contribution >= 0.6 is 0 Å². The number of hydrogen-bond acceptors (Lipinski definition) is 3. The number of carbonyl (C=O) groups is 1. The van der Waals surface area contributed by atoms with Gasteiger partial charge >= 0.3 is 0 Å². The molecule has 0 spiro atoms. The van der Waals surface area contributed by atoms with E-state index in [4.69, 9.17) is 10.00 Å². The van der Waals surface area contributed by atoms with Crippen molar-refractivity contribution in [3.05, 3.63) is 29.8 Å². The third-order valence-electron chi connectivity index (χ3n) is 2.64. The largest absolute Gasteiger partial charge is 0.496 e. The number of para-hydroxylation sites is 1. The van der Waals surface area contributed by atoms with Crippen LogP contribution in [0.3, 0.4) is 0 Å². The van der Waals surface area contributed by atoms with Crippen molar-refractivity contribution in [2.75, 3.05) is 13.7 Å². The highest BCUT2D eigenvalue weighted by Gasteiger charge is 2.19. The summed E-state index contributed by atoms with van der Waals surface area (Å²) in [4.78, 5) is 11.8. The standard InChI is InChI=1S/C14H18N2O2/c1-3-8-16-14(17)12(10-15)9-11-6-4-5-7-13(11)18-2/h4-7,12H,3,8-9H2,1-2H3,(H,16,17). The first kappa shape index (κ1) is 14.0. The van der Waals surface area contributed by atoms with E-state index in [1.165, 1.54) is 0 Å². The third kappa shape index (κ3) is 3.77. The van der Waals surface area contributed by atoms with Gasteiger partial charge in [0.2, 0.25) is 5.91 Å². The smallest absolute Gasteiger partial charge is 0.237 e. The molecule has 1 unspecified atom stereocenters. The lowest BCUT2D eigenvalue weighted by Crippen LogP contribution is -2.31. The maximum absolute atomic E-state index is 11.8. The summed E-state index contributed by atoms with van der Waals surface area (Å²) < 4.78 is 5.21. The van der Waals surface area contributed by atoms with Gasteiger partial charge in [0.15, 0.2) is 0 Å². The van der Waals surface area contributed by atoms with E-state index in [9.17, 15) is 4.79 Å². The molecule has 0 aliphatic heterocycles. The topological polar surface area (TPSA) is 62.1 Å². The maximum atomic E-state index is 11.8.